The van der Waals surface area contributed by atoms with Gasteiger partial charge in [0.1, 0.15) is 12.7 Å². The zero-order valence-electron chi connectivity index (χ0n) is 25.8. The molecule has 0 saturated heterocycles. The summed E-state index contributed by atoms with van der Waals surface area (Å²) < 4.78 is 11.7. The Kier molecular flexibility index (Phi) is 6.76. The van der Waals surface area contributed by atoms with Crippen LogP contribution in [0.5, 0.6) is 0 Å². The zero-order valence-corrected chi connectivity index (χ0v) is 25.8. The van der Waals surface area contributed by atoms with Crippen molar-refractivity contribution in [2.45, 2.75) is 133 Å². The zero-order chi connectivity index (χ0) is 27.9. The van der Waals surface area contributed by atoms with E-state index in [1.807, 2.05) is 0 Å². The summed E-state index contributed by atoms with van der Waals surface area (Å²) >= 11 is 0. The van der Waals surface area contributed by atoms with Gasteiger partial charge in [0.15, 0.2) is 0 Å². The fourth-order valence-electron chi connectivity index (χ4n) is 11.6. The van der Waals surface area contributed by atoms with Crippen molar-refractivity contribution in [3.63, 3.8) is 0 Å². The lowest BCUT2D eigenvalue weighted by Gasteiger charge is -2.72. The predicted octanol–water partition coefficient (Wildman–Crippen LogP) is 8.28. The van der Waals surface area contributed by atoms with Crippen LogP contribution in [0.15, 0.2) is 11.1 Å². The van der Waals surface area contributed by atoms with Crippen molar-refractivity contribution in [2.24, 2.45) is 50.7 Å². The van der Waals surface area contributed by atoms with E-state index in [1.54, 1.807) is 25.0 Å². The second-order valence-corrected chi connectivity index (χ2v) is 15.7. The van der Waals surface area contributed by atoms with Gasteiger partial charge in [-0.1, -0.05) is 59.6 Å². The molecule has 0 aliphatic heterocycles. The Morgan fingerprint density at radius 1 is 0.816 bits per heavy atom. The number of rotatable bonds is 4. The monoisotopic (exact) mass is 526 g/mol. The molecule has 0 aromatic rings. The first-order chi connectivity index (χ1) is 17.6. The maximum Gasteiger partial charge on any atom is 0.302 e. The fourth-order valence-corrected chi connectivity index (χ4v) is 11.6. The Labute approximate surface area is 232 Å². The van der Waals surface area contributed by atoms with Gasteiger partial charge in [0.05, 0.1) is 0 Å². The third-order valence-corrected chi connectivity index (χ3v) is 13.6. The average Bonchev–Trinajstić information content (AvgIpc) is 3.20. The lowest BCUT2D eigenvalue weighted by Crippen LogP contribution is -2.66. The van der Waals surface area contributed by atoms with Crippen molar-refractivity contribution < 1.29 is 19.1 Å². The van der Waals surface area contributed by atoms with Crippen LogP contribution in [0.25, 0.3) is 0 Å². The van der Waals surface area contributed by atoms with Crippen molar-refractivity contribution in [3.8, 4) is 0 Å². The molecule has 4 saturated carbocycles. The van der Waals surface area contributed by atoms with E-state index >= 15 is 0 Å². The van der Waals surface area contributed by atoms with Crippen molar-refractivity contribution >= 4 is 11.9 Å². The first kappa shape index (κ1) is 28.2. The maximum atomic E-state index is 11.9. The number of fused-ring (bicyclic) bond motifs is 7. The lowest BCUT2D eigenvalue weighted by molar-refractivity contribution is -0.233. The number of ether oxygens (including phenoxy) is 2. The van der Waals surface area contributed by atoms with Gasteiger partial charge in [-0.3, -0.25) is 9.59 Å². The normalized spacial score (nSPS) is 45.5. The predicted molar refractivity (Wildman–Crippen MR) is 151 cm³/mol. The minimum Gasteiger partial charge on any atom is -0.465 e. The minimum absolute atomic E-state index is 0.00228. The molecule has 0 spiro atoms. The van der Waals surface area contributed by atoms with Gasteiger partial charge < -0.3 is 9.47 Å². The van der Waals surface area contributed by atoms with Gasteiger partial charge in [-0.15, -0.1) is 0 Å². The SMILES string of the molecule is CC(=O)OC[C@]12CCC(C(C)C)=C1[C@H]1CCC3[C@@]4(C)CC[C@H](OC(C)=O)C(C)(C)C4CC[C@@]3(C)[C@]1(C)CC2. The minimum atomic E-state index is -0.140. The Morgan fingerprint density at radius 3 is 2.16 bits per heavy atom. The fraction of sp³-hybridized carbons (Fsp3) is 0.882. The van der Waals surface area contributed by atoms with Crippen molar-refractivity contribution in [1.82, 2.24) is 0 Å². The van der Waals surface area contributed by atoms with Gasteiger partial charge in [0.2, 0.25) is 0 Å². The molecule has 5 rings (SSSR count). The Hall–Kier alpha value is -1.32. The van der Waals surface area contributed by atoms with Crippen LogP contribution in [0.1, 0.15) is 127 Å². The number of allylic oxidation sites excluding steroid dienone is 1. The molecule has 4 heteroatoms. The van der Waals surface area contributed by atoms with Crippen LogP contribution in [0.4, 0.5) is 0 Å². The summed E-state index contributed by atoms with van der Waals surface area (Å²) in [6.07, 6.45) is 11.9. The summed E-state index contributed by atoms with van der Waals surface area (Å²) in [6.45, 7) is 21.1. The van der Waals surface area contributed by atoms with Crippen LogP contribution < -0.4 is 0 Å². The molecule has 5 aliphatic carbocycles. The summed E-state index contributed by atoms with van der Waals surface area (Å²) in [5.41, 5.74) is 4.29. The number of esters is 2. The first-order valence-electron chi connectivity index (χ1n) is 15.7. The molecule has 0 aromatic carbocycles. The summed E-state index contributed by atoms with van der Waals surface area (Å²) in [5, 5.41) is 0. The average molecular weight is 527 g/mol. The Morgan fingerprint density at radius 2 is 1.53 bits per heavy atom. The largest absolute Gasteiger partial charge is 0.465 e. The van der Waals surface area contributed by atoms with E-state index in [2.05, 4.69) is 48.5 Å². The van der Waals surface area contributed by atoms with Gasteiger partial charge in [-0.2, -0.15) is 0 Å². The summed E-state index contributed by atoms with van der Waals surface area (Å²) in [7, 11) is 0. The third-order valence-electron chi connectivity index (χ3n) is 13.6. The summed E-state index contributed by atoms with van der Waals surface area (Å²) in [6, 6.07) is 0. The second kappa shape index (κ2) is 9.10. The summed E-state index contributed by atoms with van der Waals surface area (Å²) in [5.74, 6) is 2.15. The maximum absolute atomic E-state index is 11.9. The lowest BCUT2D eigenvalue weighted by atomic mass is 9.33. The van der Waals surface area contributed by atoms with Gasteiger partial charge >= 0.3 is 11.9 Å². The molecule has 2 unspecified atom stereocenters. The van der Waals surface area contributed by atoms with Crippen LogP contribution >= 0.6 is 0 Å². The van der Waals surface area contributed by atoms with Gasteiger partial charge in [-0.25, -0.2) is 0 Å². The van der Waals surface area contributed by atoms with E-state index < -0.39 is 0 Å². The molecule has 5 aliphatic rings. The van der Waals surface area contributed by atoms with E-state index in [9.17, 15) is 9.59 Å². The number of hydrogen-bond donors (Lipinski definition) is 0. The van der Waals surface area contributed by atoms with Crippen molar-refractivity contribution in [1.29, 1.82) is 0 Å². The van der Waals surface area contributed by atoms with Crippen molar-refractivity contribution in [2.75, 3.05) is 6.61 Å². The molecule has 0 aromatic heterocycles. The van der Waals surface area contributed by atoms with Gasteiger partial charge in [0, 0.05) is 24.7 Å². The molecule has 4 fully saturated rings. The standard InChI is InChI=1S/C34H54O4/c1-21(2)24-12-17-34(20-37-22(3)35)19-18-32(8)25(29(24)34)10-11-27-31(7)15-14-28(38-23(4)36)30(5,6)26(31)13-16-33(27,32)9/h21,25-28H,10-20H2,1-9H3/t25-,26?,27?,28+,31+,32-,33-,34-/m1/s1. The van der Waals surface area contributed by atoms with E-state index in [-0.39, 0.29) is 45.1 Å². The number of hydrogen-bond acceptors (Lipinski definition) is 4. The van der Waals surface area contributed by atoms with Crippen molar-refractivity contribution in [3.05, 3.63) is 11.1 Å². The highest BCUT2D eigenvalue weighted by molar-refractivity contribution is 5.66. The molecule has 0 radical (unpaired) electrons. The van der Waals surface area contributed by atoms with Crippen LogP contribution in [0.2, 0.25) is 0 Å². The van der Waals surface area contributed by atoms with E-state index in [0.717, 1.165) is 25.7 Å². The molecule has 4 nitrogen and oxygen atoms in total. The van der Waals surface area contributed by atoms with E-state index in [1.165, 1.54) is 38.5 Å². The smallest absolute Gasteiger partial charge is 0.302 e. The van der Waals surface area contributed by atoms with Gasteiger partial charge in [0.25, 0.3) is 0 Å². The van der Waals surface area contributed by atoms with Crippen LogP contribution in [0, 0.1) is 50.7 Å². The second-order valence-electron chi connectivity index (χ2n) is 15.7. The highest BCUT2D eigenvalue weighted by Crippen LogP contribution is 2.76. The highest BCUT2D eigenvalue weighted by atomic mass is 16.5. The molecule has 8 atom stereocenters. The highest BCUT2D eigenvalue weighted by Gasteiger charge is 2.69. The van der Waals surface area contributed by atoms with Crippen LogP contribution in [-0.4, -0.2) is 24.6 Å². The Balaban J connectivity index is 1.52. The van der Waals surface area contributed by atoms with Crippen LogP contribution in [-0.2, 0) is 19.1 Å². The molecular weight excluding hydrogens is 472 g/mol. The molecule has 38 heavy (non-hydrogen) atoms. The summed E-state index contributed by atoms with van der Waals surface area (Å²) in [4.78, 5) is 23.8. The molecular formula is C34H54O4. The topological polar surface area (TPSA) is 52.6 Å². The van der Waals surface area contributed by atoms with E-state index in [0.29, 0.717) is 30.3 Å². The molecule has 0 amide bonds. The molecule has 0 heterocycles. The van der Waals surface area contributed by atoms with Crippen LogP contribution in [0.3, 0.4) is 0 Å². The van der Waals surface area contributed by atoms with Gasteiger partial charge in [-0.05, 0) is 104 Å². The van der Waals surface area contributed by atoms with E-state index in [4.69, 9.17) is 9.47 Å². The quantitative estimate of drug-likeness (QED) is 0.273. The third kappa shape index (κ3) is 3.80. The molecule has 0 bridgehead atoms. The number of carbonyl (C=O) groups excluding carboxylic acids is 2. The molecule has 214 valence electrons. The number of carbonyl (C=O) groups is 2. The molecule has 0 N–H and O–H groups in total. The Bertz CT molecular complexity index is 1020. The first-order valence-corrected chi connectivity index (χ1v) is 15.7.